The summed E-state index contributed by atoms with van der Waals surface area (Å²) in [6, 6.07) is 10.8. The van der Waals surface area contributed by atoms with Gasteiger partial charge in [0, 0.05) is 49.6 Å². The molecule has 0 unspecified atom stereocenters. The number of sulfonamides is 1. The van der Waals surface area contributed by atoms with Gasteiger partial charge < -0.3 is 5.32 Å². The molecule has 1 N–H and O–H groups in total. The third-order valence-corrected chi connectivity index (χ3v) is 6.49. The van der Waals surface area contributed by atoms with Crippen molar-refractivity contribution >= 4 is 38.5 Å². The lowest BCUT2D eigenvalue weighted by Crippen LogP contribution is -2.41. The van der Waals surface area contributed by atoms with Gasteiger partial charge in [0.15, 0.2) is 0 Å². The summed E-state index contributed by atoms with van der Waals surface area (Å²) in [4.78, 5) is 38.8. The third kappa shape index (κ3) is 4.68. The van der Waals surface area contributed by atoms with E-state index in [2.05, 4.69) is 5.32 Å². The van der Waals surface area contributed by atoms with Crippen molar-refractivity contribution in [1.29, 1.82) is 0 Å². The van der Waals surface area contributed by atoms with Gasteiger partial charge in [-0.1, -0.05) is 24.3 Å². The summed E-state index contributed by atoms with van der Waals surface area (Å²) in [6.07, 6.45) is 2.16. The summed E-state index contributed by atoms with van der Waals surface area (Å²) in [5, 5.41) is 4.27. The number of nitrogens with zero attached hydrogens (tertiary/aromatic N) is 2. The van der Waals surface area contributed by atoms with Gasteiger partial charge in [-0.25, -0.2) is 12.7 Å². The minimum Gasteiger partial charge on any atom is -0.356 e. The normalized spacial score (nSPS) is 13.9. The van der Waals surface area contributed by atoms with Gasteiger partial charge >= 0.3 is 0 Å². The fourth-order valence-electron chi connectivity index (χ4n) is 3.47. The van der Waals surface area contributed by atoms with Crippen LogP contribution in [0.1, 0.15) is 40.0 Å². The molecule has 0 aromatic heterocycles. The Morgan fingerprint density at radius 3 is 2.20 bits per heavy atom. The molecule has 2 aromatic rings. The molecular formula is C21H25N3O5S. The van der Waals surface area contributed by atoms with Crippen LogP contribution < -0.4 is 5.32 Å². The van der Waals surface area contributed by atoms with Crippen molar-refractivity contribution in [3.8, 4) is 0 Å². The number of amides is 3. The highest BCUT2D eigenvalue weighted by Gasteiger charge is 2.32. The summed E-state index contributed by atoms with van der Waals surface area (Å²) in [6.45, 7) is 0.836. The highest BCUT2D eigenvalue weighted by molar-refractivity contribution is 7.88. The quantitative estimate of drug-likeness (QED) is 0.480. The van der Waals surface area contributed by atoms with Crippen molar-refractivity contribution < 1.29 is 22.8 Å². The zero-order valence-corrected chi connectivity index (χ0v) is 17.9. The molecule has 1 aliphatic rings. The maximum Gasteiger partial charge on any atom is 0.261 e. The fourth-order valence-corrected chi connectivity index (χ4v) is 3.93. The Labute approximate surface area is 175 Å². The molecular weight excluding hydrogens is 406 g/mol. The molecule has 0 saturated heterocycles. The number of nitrogens with one attached hydrogen (secondary N) is 1. The lowest BCUT2D eigenvalue weighted by atomic mass is 9.94. The van der Waals surface area contributed by atoms with Gasteiger partial charge in [0.25, 0.3) is 11.8 Å². The van der Waals surface area contributed by atoms with E-state index in [1.807, 2.05) is 12.1 Å². The highest BCUT2D eigenvalue weighted by Crippen LogP contribution is 2.29. The largest absolute Gasteiger partial charge is 0.356 e. The predicted molar refractivity (Wildman–Crippen MR) is 114 cm³/mol. The van der Waals surface area contributed by atoms with Crippen LogP contribution in [0, 0.1) is 0 Å². The standard InChI is InChI=1S/C21H25N3O5S/c1-23(30(2,28)29)13-6-12-22-18(25)11-5-14-24-20(26)16-9-3-7-15-8-4-10-17(19(15)16)21(24)27/h3-4,7-10H,5-6,11-14H2,1-2H3,(H,22,25). The van der Waals surface area contributed by atoms with Gasteiger partial charge in [0.05, 0.1) is 6.26 Å². The Balaban J connectivity index is 1.50. The topological polar surface area (TPSA) is 104 Å². The van der Waals surface area contributed by atoms with Crippen LogP contribution >= 0.6 is 0 Å². The van der Waals surface area contributed by atoms with Gasteiger partial charge in [-0.3, -0.25) is 19.3 Å². The number of carbonyl (C=O) groups is 3. The van der Waals surface area contributed by atoms with E-state index in [4.69, 9.17) is 0 Å². The Morgan fingerprint density at radius 1 is 1.03 bits per heavy atom. The van der Waals surface area contributed by atoms with E-state index in [-0.39, 0.29) is 30.7 Å². The molecule has 0 spiro atoms. The second-order valence-electron chi connectivity index (χ2n) is 7.36. The van der Waals surface area contributed by atoms with E-state index in [9.17, 15) is 22.8 Å². The second-order valence-corrected chi connectivity index (χ2v) is 9.45. The molecule has 9 heteroatoms. The van der Waals surface area contributed by atoms with Crippen LogP contribution in [0.3, 0.4) is 0 Å². The molecule has 0 saturated carbocycles. The highest BCUT2D eigenvalue weighted by atomic mass is 32.2. The molecule has 8 nitrogen and oxygen atoms in total. The van der Waals surface area contributed by atoms with E-state index in [1.165, 1.54) is 16.3 Å². The average molecular weight is 432 g/mol. The number of hydrogen-bond acceptors (Lipinski definition) is 5. The lowest BCUT2D eigenvalue weighted by Gasteiger charge is -2.27. The van der Waals surface area contributed by atoms with Crippen LogP contribution in [0.15, 0.2) is 36.4 Å². The second kappa shape index (κ2) is 8.93. The molecule has 2 aromatic carbocycles. The number of hydrogen-bond donors (Lipinski definition) is 1. The van der Waals surface area contributed by atoms with Crippen molar-refractivity contribution in [3.63, 3.8) is 0 Å². The summed E-state index contributed by atoms with van der Waals surface area (Å²) < 4.78 is 23.9. The van der Waals surface area contributed by atoms with Gasteiger partial charge in [-0.15, -0.1) is 0 Å². The summed E-state index contributed by atoms with van der Waals surface area (Å²) in [5.74, 6) is -0.876. The zero-order valence-electron chi connectivity index (χ0n) is 17.1. The number of rotatable bonds is 9. The van der Waals surface area contributed by atoms with E-state index >= 15 is 0 Å². The Kier molecular flexibility index (Phi) is 6.52. The first kappa shape index (κ1) is 21.9. The van der Waals surface area contributed by atoms with E-state index in [0.717, 1.165) is 11.6 Å². The van der Waals surface area contributed by atoms with Gasteiger partial charge in [0.2, 0.25) is 15.9 Å². The van der Waals surface area contributed by atoms with E-state index in [0.29, 0.717) is 42.4 Å². The van der Waals surface area contributed by atoms with Crippen molar-refractivity contribution in [2.45, 2.75) is 19.3 Å². The molecule has 30 heavy (non-hydrogen) atoms. The summed E-state index contributed by atoms with van der Waals surface area (Å²) >= 11 is 0. The fraction of sp³-hybridized carbons (Fsp3) is 0.381. The molecule has 160 valence electrons. The van der Waals surface area contributed by atoms with Crippen LogP contribution in [0.25, 0.3) is 10.8 Å². The Morgan fingerprint density at radius 2 is 1.63 bits per heavy atom. The van der Waals surface area contributed by atoms with Crippen LogP contribution in [0.4, 0.5) is 0 Å². The minimum absolute atomic E-state index is 0.159. The molecule has 0 radical (unpaired) electrons. The predicted octanol–water partition coefficient (Wildman–Crippen LogP) is 1.61. The SMILES string of the molecule is CN(CCCNC(=O)CCCN1C(=O)c2cccc3cccc(c23)C1=O)S(C)(=O)=O. The van der Waals surface area contributed by atoms with Crippen molar-refractivity contribution in [2.24, 2.45) is 0 Å². The first-order valence-electron chi connectivity index (χ1n) is 9.76. The molecule has 0 atom stereocenters. The van der Waals surface area contributed by atoms with Gasteiger partial charge in [-0.2, -0.15) is 0 Å². The molecule has 0 fully saturated rings. The molecule has 3 amide bonds. The van der Waals surface area contributed by atoms with Crippen molar-refractivity contribution in [2.75, 3.05) is 32.9 Å². The summed E-state index contributed by atoms with van der Waals surface area (Å²) in [7, 11) is -1.74. The zero-order chi connectivity index (χ0) is 21.9. The average Bonchev–Trinajstić information content (AvgIpc) is 2.70. The van der Waals surface area contributed by atoms with Crippen LogP contribution in [0.5, 0.6) is 0 Å². The molecule has 0 bridgehead atoms. The number of carbonyl (C=O) groups excluding carboxylic acids is 3. The first-order valence-corrected chi connectivity index (χ1v) is 11.6. The maximum atomic E-state index is 12.8. The minimum atomic E-state index is -3.22. The first-order chi connectivity index (χ1) is 14.2. The number of imide groups is 1. The van der Waals surface area contributed by atoms with Gasteiger partial charge in [-0.05, 0) is 30.4 Å². The van der Waals surface area contributed by atoms with Crippen molar-refractivity contribution in [1.82, 2.24) is 14.5 Å². The molecule has 3 rings (SSSR count). The smallest absolute Gasteiger partial charge is 0.261 e. The maximum absolute atomic E-state index is 12.8. The van der Waals surface area contributed by atoms with Crippen LogP contribution in [-0.2, 0) is 14.8 Å². The number of benzene rings is 2. The van der Waals surface area contributed by atoms with Crippen molar-refractivity contribution in [3.05, 3.63) is 47.5 Å². The van der Waals surface area contributed by atoms with E-state index < -0.39 is 10.0 Å². The Bertz CT molecular complexity index is 1050. The van der Waals surface area contributed by atoms with Crippen LogP contribution in [-0.4, -0.2) is 68.3 Å². The molecule has 1 aliphatic heterocycles. The van der Waals surface area contributed by atoms with E-state index in [1.54, 1.807) is 24.3 Å². The Hall–Kier alpha value is -2.78. The van der Waals surface area contributed by atoms with Gasteiger partial charge in [0.1, 0.15) is 0 Å². The third-order valence-electron chi connectivity index (χ3n) is 5.18. The monoisotopic (exact) mass is 431 g/mol. The lowest BCUT2D eigenvalue weighted by molar-refractivity contribution is -0.121. The van der Waals surface area contributed by atoms with Crippen LogP contribution in [0.2, 0.25) is 0 Å². The molecule has 1 heterocycles. The molecule has 0 aliphatic carbocycles. The summed E-state index contributed by atoms with van der Waals surface area (Å²) in [5.41, 5.74) is 1.00.